The first-order chi connectivity index (χ1) is 13.5. The van der Waals surface area contributed by atoms with E-state index in [0.29, 0.717) is 0 Å². The maximum atomic E-state index is 6.07. The molecule has 0 aliphatic rings. The van der Waals surface area contributed by atoms with Crippen molar-refractivity contribution >= 4 is 21.8 Å². The fourth-order valence-corrected chi connectivity index (χ4v) is 3.64. The van der Waals surface area contributed by atoms with E-state index >= 15 is 0 Å². The Bertz CT molecular complexity index is 1130. The number of nitrogens with one attached hydrogen (secondary N) is 1. The summed E-state index contributed by atoms with van der Waals surface area (Å²) in [5.74, 6) is 0.942. The zero-order chi connectivity index (χ0) is 19.7. The van der Waals surface area contributed by atoms with Gasteiger partial charge in [-0.15, -0.1) is 0 Å². The number of aromatic nitrogens is 3. The Morgan fingerprint density at radius 2 is 1.89 bits per heavy atom. The average Bonchev–Trinajstić information content (AvgIpc) is 2.96. The zero-order valence-electron chi connectivity index (χ0n) is 16.9. The summed E-state index contributed by atoms with van der Waals surface area (Å²) < 4.78 is 7.90. The van der Waals surface area contributed by atoms with Gasteiger partial charge in [0.1, 0.15) is 5.75 Å². The monoisotopic (exact) mass is 374 g/mol. The number of aryl methyl sites for hydroxylation is 2. The maximum Gasteiger partial charge on any atom is 0.157 e. The molecule has 28 heavy (non-hydrogen) atoms. The first kappa shape index (κ1) is 18.4. The van der Waals surface area contributed by atoms with E-state index in [-0.39, 0.29) is 6.10 Å². The lowest BCUT2D eigenvalue weighted by molar-refractivity contribution is 0.240. The highest BCUT2D eigenvalue weighted by Gasteiger charge is 2.11. The standard InChI is InChI=1S/C23H26N4O/c1-15(2)28-22-10-9-18-7-5-6-8-19(18)21(22)14-24-12-17-11-20-16(3)26-27(4)23(20)25-13-17/h5-11,13,15,24H,12,14H2,1-4H3. The van der Waals surface area contributed by atoms with Gasteiger partial charge in [0, 0.05) is 37.3 Å². The second-order valence-electron chi connectivity index (χ2n) is 7.46. The molecular weight excluding hydrogens is 348 g/mol. The number of nitrogens with zero attached hydrogens (tertiary/aromatic N) is 3. The first-order valence-electron chi connectivity index (χ1n) is 9.69. The molecule has 2 aromatic carbocycles. The van der Waals surface area contributed by atoms with Crippen LogP contribution in [0.15, 0.2) is 48.7 Å². The molecule has 0 aliphatic heterocycles. The van der Waals surface area contributed by atoms with Crippen molar-refractivity contribution < 1.29 is 4.74 Å². The van der Waals surface area contributed by atoms with Gasteiger partial charge < -0.3 is 10.1 Å². The Hall–Kier alpha value is -2.92. The van der Waals surface area contributed by atoms with Gasteiger partial charge in [0.15, 0.2) is 5.65 Å². The van der Waals surface area contributed by atoms with Gasteiger partial charge in [0.05, 0.1) is 11.8 Å². The molecule has 0 fully saturated rings. The average molecular weight is 374 g/mol. The molecule has 0 aliphatic carbocycles. The van der Waals surface area contributed by atoms with Crippen molar-refractivity contribution in [2.45, 2.75) is 40.0 Å². The molecule has 5 nitrogen and oxygen atoms in total. The fraction of sp³-hybridized carbons (Fsp3) is 0.304. The van der Waals surface area contributed by atoms with Crippen LogP contribution in [0.25, 0.3) is 21.8 Å². The van der Waals surface area contributed by atoms with Crippen LogP contribution in [0.3, 0.4) is 0 Å². The minimum Gasteiger partial charge on any atom is -0.491 e. The molecule has 0 spiro atoms. The lowest BCUT2D eigenvalue weighted by atomic mass is 10.0. The van der Waals surface area contributed by atoms with Crippen LogP contribution in [0, 0.1) is 6.92 Å². The van der Waals surface area contributed by atoms with Gasteiger partial charge >= 0.3 is 0 Å². The van der Waals surface area contributed by atoms with E-state index in [1.165, 1.54) is 16.3 Å². The molecule has 4 aromatic rings. The van der Waals surface area contributed by atoms with Crippen LogP contribution < -0.4 is 10.1 Å². The van der Waals surface area contributed by atoms with Crippen LogP contribution in [0.2, 0.25) is 0 Å². The summed E-state index contributed by atoms with van der Waals surface area (Å²) in [6.45, 7) is 7.61. The molecule has 1 N–H and O–H groups in total. The quantitative estimate of drug-likeness (QED) is 0.540. The van der Waals surface area contributed by atoms with Gasteiger partial charge in [-0.2, -0.15) is 5.10 Å². The summed E-state index contributed by atoms with van der Waals surface area (Å²) in [5, 5.41) is 11.6. The van der Waals surface area contributed by atoms with Crippen molar-refractivity contribution in [2.24, 2.45) is 7.05 Å². The van der Waals surface area contributed by atoms with Gasteiger partial charge in [0.25, 0.3) is 0 Å². The second kappa shape index (κ2) is 7.60. The molecule has 0 amide bonds. The topological polar surface area (TPSA) is 52.0 Å². The van der Waals surface area contributed by atoms with Crippen molar-refractivity contribution in [3.63, 3.8) is 0 Å². The Labute approximate surface area is 165 Å². The smallest absolute Gasteiger partial charge is 0.157 e. The van der Waals surface area contributed by atoms with Crippen LogP contribution in [-0.4, -0.2) is 20.9 Å². The third-order valence-electron chi connectivity index (χ3n) is 4.91. The summed E-state index contributed by atoms with van der Waals surface area (Å²) >= 11 is 0. The zero-order valence-corrected chi connectivity index (χ0v) is 16.9. The van der Waals surface area contributed by atoms with Crippen LogP contribution >= 0.6 is 0 Å². The minimum atomic E-state index is 0.139. The Morgan fingerprint density at radius 3 is 2.71 bits per heavy atom. The van der Waals surface area contributed by atoms with Crippen molar-refractivity contribution in [2.75, 3.05) is 0 Å². The number of hydrogen-bond acceptors (Lipinski definition) is 4. The Balaban J connectivity index is 1.57. The van der Waals surface area contributed by atoms with E-state index in [2.05, 4.69) is 71.7 Å². The lowest BCUT2D eigenvalue weighted by Crippen LogP contribution is -2.15. The number of pyridine rings is 1. The molecule has 2 aromatic heterocycles. The van der Waals surface area contributed by atoms with E-state index in [4.69, 9.17) is 4.74 Å². The number of hydrogen-bond donors (Lipinski definition) is 1. The van der Waals surface area contributed by atoms with Crippen molar-refractivity contribution in [3.05, 3.63) is 65.5 Å². The van der Waals surface area contributed by atoms with Gasteiger partial charge in [0.2, 0.25) is 0 Å². The molecule has 0 bridgehead atoms. The van der Waals surface area contributed by atoms with Crippen molar-refractivity contribution in [1.29, 1.82) is 0 Å². The van der Waals surface area contributed by atoms with E-state index in [1.807, 2.05) is 24.9 Å². The molecule has 4 rings (SSSR count). The highest BCUT2D eigenvalue weighted by Crippen LogP contribution is 2.29. The minimum absolute atomic E-state index is 0.139. The predicted octanol–water partition coefficient (Wildman–Crippen LogP) is 4.51. The third kappa shape index (κ3) is 3.58. The number of benzene rings is 2. The molecule has 0 saturated heterocycles. The van der Waals surface area contributed by atoms with Gasteiger partial charge in [-0.3, -0.25) is 4.68 Å². The van der Waals surface area contributed by atoms with Crippen molar-refractivity contribution in [1.82, 2.24) is 20.1 Å². The summed E-state index contributed by atoms with van der Waals surface area (Å²) in [7, 11) is 1.93. The molecule has 0 unspecified atom stereocenters. The summed E-state index contributed by atoms with van der Waals surface area (Å²) in [6.07, 6.45) is 2.06. The van der Waals surface area contributed by atoms with Gasteiger partial charge in [-0.25, -0.2) is 4.98 Å². The Kier molecular flexibility index (Phi) is 5.01. The summed E-state index contributed by atoms with van der Waals surface area (Å²) in [4.78, 5) is 4.57. The maximum absolute atomic E-state index is 6.07. The molecular formula is C23H26N4O. The number of rotatable bonds is 6. The summed E-state index contributed by atoms with van der Waals surface area (Å²) in [5.41, 5.74) is 4.27. The van der Waals surface area contributed by atoms with E-state index in [9.17, 15) is 0 Å². The second-order valence-corrected chi connectivity index (χ2v) is 7.46. The highest BCUT2D eigenvalue weighted by atomic mass is 16.5. The van der Waals surface area contributed by atoms with Gasteiger partial charge in [-0.05, 0) is 49.2 Å². The molecule has 0 saturated carbocycles. The lowest BCUT2D eigenvalue weighted by Gasteiger charge is -2.17. The van der Waals surface area contributed by atoms with Gasteiger partial charge in [-0.1, -0.05) is 30.3 Å². The van der Waals surface area contributed by atoms with Crippen LogP contribution in [-0.2, 0) is 20.1 Å². The summed E-state index contributed by atoms with van der Waals surface area (Å²) in [6, 6.07) is 14.8. The highest BCUT2D eigenvalue weighted by molar-refractivity contribution is 5.87. The number of ether oxygens (including phenoxy) is 1. The van der Waals surface area contributed by atoms with Crippen molar-refractivity contribution in [3.8, 4) is 5.75 Å². The van der Waals surface area contributed by atoms with E-state index in [1.54, 1.807) is 0 Å². The SMILES string of the molecule is Cc1nn(C)c2ncc(CNCc3c(OC(C)C)ccc4ccccc34)cc12. The molecule has 0 atom stereocenters. The Morgan fingerprint density at radius 1 is 1.07 bits per heavy atom. The van der Waals surface area contributed by atoms with Crippen LogP contribution in [0.5, 0.6) is 5.75 Å². The molecule has 0 radical (unpaired) electrons. The molecule has 144 valence electrons. The largest absolute Gasteiger partial charge is 0.491 e. The molecule has 5 heteroatoms. The molecule has 2 heterocycles. The van der Waals surface area contributed by atoms with Crippen LogP contribution in [0.4, 0.5) is 0 Å². The third-order valence-corrected chi connectivity index (χ3v) is 4.91. The number of fused-ring (bicyclic) bond motifs is 2. The predicted molar refractivity (Wildman–Crippen MR) is 114 cm³/mol. The van der Waals surface area contributed by atoms with E-state index in [0.717, 1.165) is 41.1 Å². The van der Waals surface area contributed by atoms with E-state index < -0.39 is 0 Å². The normalized spacial score (nSPS) is 11.6. The fourth-order valence-electron chi connectivity index (χ4n) is 3.64. The first-order valence-corrected chi connectivity index (χ1v) is 9.69. The van der Waals surface area contributed by atoms with Crippen LogP contribution in [0.1, 0.15) is 30.7 Å².